The van der Waals surface area contributed by atoms with Gasteiger partial charge in [0.05, 0.1) is 6.10 Å². The van der Waals surface area contributed by atoms with Crippen molar-refractivity contribution in [1.82, 2.24) is 10.2 Å². The van der Waals surface area contributed by atoms with Gasteiger partial charge < -0.3 is 15.0 Å². The number of rotatable bonds is 2. The van der Waals surface area contributed by atoms with E-state index in [1.165, 1.54) is 5.56 Å². The van der Waals surface area contributed by atoms with Crippen molar-refractivity contribution in [3.05, 3.63) is 35.4 Å². The molecule has 1 N–H and O–H groups in total. The molecule has 2 heterocycles. The predicted octanol–water partition coefficient (Wildman–Crippen LogP) is 1.51. The maximum absolute atomic E-state index is 12.7. The third-order valence-electron chi connectivity index (χ3n) is 4.44. The number of likely N-dealkylation sites (tertiary alicyclic amines) is 1. The van der Waals surface area contributed by atoms with Crippen LogP contribution in [0.5, 0.6) is 0 Å². The largest absolute Gasteiger partial charge is 0.381 e. The number of hydrogen-bond donors (Lipinski definition) is 1. The van der Waals surface area contributed by atoms with Crippen LogP contribution in [0.2, 0.25) is 0 Å². The summed E-state index contributed by atoms with van der Waals surface area (Å²) < 4.78 is 5.37. The van der Waals surface area contributed by atoms with Gasteiger partial charge in [0.15, 0.2) is 0 Å². The topological polar surface area (TPSA) is 41.6 Å². The maximum Gasteiger partial charge on any atom is 0.244 e. The SMILES string of the molecule is COC1CCN(C(=O)C2NCCc3ccccc32)CC1. The fraction of sp³-hybridized carbons (Fsp3) is 0.562. The van der Waals surface area contributed by atoms with Crippen molar-refractivity contribution in [1.29, 1.82) is 0 Å². The third kappa shape index (κ3) is 2.58. The molecule has 0 aliphatic carbocycles. The van der Waals surface area contributed by atoms with E-state index in [1.807, 2.05) is 11.0 Å². The average Bonchev–Trinajstić information content (AvgIpc) is 2.54. The van der Waals surface area contributed by atoms with Crippen LogP contribution in [-0.2, 0) is 16.0 Å². The summed E-state index contributed by atoms with van der Waals surface area (Å²) in [5.74, 6) is 0.215. The van der Waals surface area contributed by atoms with E-state index in [0.29, 0.717) is 6.10 Å². The zero-order valence-electron chi connectivity index (χ0n) is 12.0. The number of fused-ring (bicyclic) bond motifs is 1. The normalized spacial score (nSPS) is 23.4. The predicted molar refractivity (Wildman–Crippen MR) is 77.5 cm³/mol. The molecule has 2 aliphatic heterocycles. The monoisotopic (exact) mass is 274 g/mol. The van der Waals surface area contributed by atoms with Crippen LogP contribution in [0.1, 0.15) is 30.0 Å². The van der Waals surface area contributed by atoms with Gasteiger partial charge in [0.1, 0.15) is 6.04 Å². The van der Waals surface area contributed by atoms with E-state index in [0.717, 1.165) is 44.5 Å². The Labute approximate surface area is 120 Å². The molecule has 0 aromatic heterocycles. The van der Waals surface area contributed by atoms with Crippen LogP contribution < -0.4 is 5.32 Å². The Morgan fingerprint density at radius 3 is 2.80 bits per heavy atom. The van der Waals surface area contributed by atoms with Crippen molar-refractivity contribution in [2.75, 3.05) is 26.7 Å². The number of amides is 1. The van der Waals surface area contributed by atoms with Gasteiger partial charge in [0, 0.05) is 26.7 Å². The lowest BCUT2D eigenvalue weighted by Gasteiger charge is -2.35. The number of piperidine rings is 1. The molecule has 1 aromatic rings. The van der Waals surface area contributed by atoms with Gasteiger partial charge in [-0.3, -0.25) is 4.79 Å². The zero-order chi connectivity index (χ0) is 13.9. The number of methoxy groups -OCH3 is 1. The van der Waals surface area contributed by atoms with Crippen molar-refractivity contribution in [2.45, 2.75) is 31.4 Å². The Morgan fingerprint density at radius 2 is 2.05 bits per heavy atom. The summed E-state index contributed by atoms with van der Waals surface area (Å²) in [5.41, 5.74) is 2.45. The highest BCUT2D eigenvalue weighted by Crippen LogP contribution is 2.25. The maximum atomic E-state index is 12.7. The third-order valence-corrected chi connectivity index (χ3v) is 4.44. The van der Waals surface area contributed by atoms with Crippen LogP contribution in [0.25, 0.3) is 0 Å². The number of nitrogens with zero attached hydrogens (tertiary/aromatic N) is 1. The first-order chi connectivity index (χ1) is 9.79. The molecule has 1 saturated heterocycles. The summed E-state index contributed by atoms with van der Waals surface area (Å²) >= 11 is 0. The highest BCUT2D eigenvalue weighted by Gasteiger charge is 2.31. The van der Waals surface area contributed by atoms with E-state index >= 15 is 0 Å². The van der Waals surface area contributed by atoms with Crippen LogP contribution in [-0.4, -0.2) is 43.7 Å². The van der Waals surface area contributed by atoms with Gasteiger partial charge >= 0.3 is 0 Å². The number of carbonyl (C=O) groups is 1. The van der Waals surface area contributed by atoms with Gasteiger partial charge in [-0.15, -0.1) is 0 Å². The molecule has 1 unspecified atom stereocenters. The Hall–Kier alpha value is -1.39. The molecule has 4 nitrogen and oxygen atoms in total. The second-order valence-electron chi connectivity index (χ2n) is 5.60. The molecule has 2 aliphatic rings. The fourth-order valence-electron chi connectivity index (χ4n) is 3.22. The van der Waals surface area contributed by atoms with Crippen LogP contribution >= 0.6 is 0 Å². The average molecular weight is 274 g/mol. The van der Waals surface area contributed by atoms with Gasteiger partial charge in [-0.2, -0.15) is 0 Å². The van der Waals surface area contributed by atoms with Crippen LogP contribution in [0, 0.1) is 0 Å². The molecule has 1 aromatic carbocycles. The lowest BCUT2D eigenvalue weighted by molar-refractivity contribution is -0.136. The standard InChI is InChI=1S/C16H22N2O2/c1-20-13-7-10-18(11-8-13)16(19)15-14-5-3-2-4-12(14)6-9-17-15/h2-5,13,15,17H,6-11H2,1H3. The molecule has 20 heavy (non-hydrogen) atoms. The molecule has 0 saturated carbocycles. The van der Waals surface area contributed by atoms with E-state index in [9.17, 15) is 4.79 Å². The first-order valence-corrected chi connectivity index (χ1v) is 7.42. The van der Waals surface area contributed by atoms with Crippen LogP contribution in [0.4, 0.5) is 0 Å². The molecule has 108 valence electrons. The van der Waals surface area contributed by atoms with Gasteiger partial charge in [-0.25, -0.2) is 0 Å². The molecular formula is C16H22N2O2. The number of ether oxygens (including phenoxy) is 1. The molecule has 0 bridgehead atoms. The second kappa shape index (κ2) is 5.94. The first-order valence-electron chi connectivity index (χ1n) is 7.42. The summed E-state index contributed by atoms with van der Waals surface area (Å²) in [5, 5.41) is 3.38. The Kier molecular flexibility index (Phi) is 4.03. The minimum atomic E-state index is -0.168. The van der Waals surface area contributed by atoms with E-state index in [4.69, 9.17) is 4.74 Å². The molecule has 4 heteroatoms. The van der Waals surface area contributed by atoms with Crippen molar-refractivity contribution in [3.63, 3.8) is 0 Å². The Balaban J connectivity index is 1.72. The van der Waals surface area contributed by atoms with E-state index < -0.39 is 0 Å². The molecular weight excluding hydrogens is 252 g/mol. The highest BCUT2D eigenvalue weighted by atomic mass is 16.5. The van der Waals surface area contributed by atoms with Gasteiger partial charge in [-0.05, 0) is 30.4 Å². The molecule has 3 rings (SSSR count). The number of carbonyl (C=O) groups excluding carboxylic acids is 1. The van der Waals surface area contributed by atoms with E-state index in [1.54, 1.807) is 7.11 Å². The quantitative estimate of drug-likeness (QED) is 0.889. The van der Waals surface area contributed by atoms with E-state index in [-0.39, 0.29) is 11.9 Å². The van der Waals surface area contributed by atoms with Crippen LogP contribution in [0.15, 0.2) is 24.3 Å². The van der Waals surface area contributed by atoms with Gasteiger partial charge in [0.25, 0.3) is 0 Å². The molecule has 1 fully saturated rings. The molecule has 1 amide bonds. The summed E-state index contributed by atoms with van der Waals surface area (Å²) in [6.45, 7) is 2.48. The highest BCUT2D eigenvalue weighted by molar-refractivity contribution is 5.84. The van der Waals surface area contributed by atoms with Gasteiger partial charge in [-0.1, -0.05) is 24.3 Å². The smallest absolute Gasteiger partial charge is 0.244 e. The van der Waals surface area contributed by atoms with Crippen LogP contribution in [0.3, 0.4) is 0 Å². The first kappa shape index (κ1) is 13.6. The molecule has 0 spiro atoms. The number of nitrogens with one attached hydrogen (secondary N) is 1. The van der Waals surface area contributed by atoms with Gasteiger partial charge in [0.2, 0.25) is 5.91 Å². The van der Waals surface area contributed by atoms with Crippen molar-refractivity contribution in [2.24, 2.45) is 0 Å². The Morgan fingerprint density at radius 1 is 1.30 bits per heavy atom. The van der Waals surface area contributed by atoms with Crippen molar-refractivity contribution in [3.8, 4) is 0 Å². The summed E-state index contributed by atoms with van der Waals surface area (Å²) in [6.07, 6.45) is 3.20. The van der Waals surface area contributed by atoms with E-state index in [2.05, 4.69) is 23.5 Å². The molecule has 1 atom stereocenters. The minimum Gasteiger partial charge on any atom is -0.381 e. The lowest BCUT2D eigenvalue weighted by atomic mass is 9.93. The number of hydrogen-bond acceptors (Lipinski definition) is 3. The molecule has 0 radical (unpaired) electrons. The van der Waals surface area contributed by atoms with Crippen molar-refractivity contribution < 1.29 is 9.53 Å². The lowest BCUT2D eigenvalue weighted by Crippen LogP contribution is -2.47. The zero-order valence-corrected chi connectivity index (χ0v) is 12.0. The second-order valence-corrected chi connectivity index (χ2v) is 5.60. The van der Waals surface area contributed by atoms with Crippen molar-refractivity contribution >= 4 is 5.91 Å². The fourth-order valence-corrected chi connectivity index (χ4v) is 3.22. The minimum absolute atomic E-state index is 0.168. The number of benzene rings is 1. The summed E-state index contributed by atoms with van der Waals surface area (Å²) in [4.78, 5) is 14.7. The summed E-state index contributed by atoms with van der Waals surface area (Å²) in [7, 11) is 1.75. The summed E-state index contributed by atoms with van der Waals surface area (Å²) in [6, 6.07) is 8.11. The Bertz CT molecular complexity index is 481.